The fraction of sp³-hybridized carbons (Fsp3) is 0.562. The monoisotopic (exact) mass is 261 g/mol. The lowest BCUT2D eigenvalue weighted by Crippen LogP contribution is -2.27. The highest BCUT2D eigenvalue weighted by atomic mass is 16.3. The van der Waals surface area contributed by atoms with E-state index in [2.05, 4.69) is 5.32 Å². The molecule has 1 amide bonds. The molecule has 0 heterocycles. The molecule has 0 spiro atoms. The van der Waals surface area contributed by atoms with Gasteiger partial charge in [0, 0.05) is 12.1 Å². The zero-order chi connectivity index (χ0) is 13.5. The zero-order valence-corrected chi connectivity index (χ0v) is 11.4. The molecule has 1 aliphatic carbocycles. The summed E-state index contributed by atoms with van der Waals surface area (Å²) >= 11 is 0. The maximum absolute atomic E-state index is 11.8. The number of para-hydroxylation sites is 1. The van der Waals surface area contributed by atoms with Crippen molar-refractivity contribution in [2.45, 2.75) is 44.9 Å². The van der Waals surface area contributed by atoms with E-state index in [0.29, 0.717) is 5.56 Å². The van der Waals surface area contributed by atoms with Crippen LogP contribution in [0, 0.1) is 5.92 Å². The molecule has 0 bridgehead atoms. The molecule has 2 rings (SSSR count). The molecule has 1 fully saturated rings. The minimum atomic E-state index is -0.00249. The standard InChI is InChI=1S/C16H23NO2/c18-15-9-5-4-8-14(15)12-16(19)17-11-10-13-6-2-1-3-7-13/h4-5,8-9,13,18H,1-3,6-7,10-12H2,(H,17,19). The van der Waals surface area contributed by atoms with Crippen molar-refractivity contribution in [2.24, 2.45) is 5.92 Å². The Kier molecular flexibility index (Phi) is 5.25. The molecule has 1 aliphatic rings. The Balaban J connectivity index is 1.68. The predicted octanol–water partition coefficient (Wildman–Crippen LogP) is 3.02. The van der Waals surface area contributed by atoms with Crippen LogP contribution in [0.25, 0.3) is 0 Å². The number of nitrogens with one attached hydrogen (secondary N) is 1. The van der Waals surface area contributed by atoms with Crippen LogP contribution in [-0.4, -0.2) is 17.6 Å². The molecule has 1 aromatic carbocycles. The van der Waals surface area contributed by atoms with Gasteiger partial charge in [-0.3, -0.25) is 4.79 Å². The van der Waals surface area contributed by atoms with Crippen LogP contribution >= 0.6 is 0 Å². The molecule has 3 heteroatoms. The topological polar surface area (TPSA) is 49.3 Å². The fourth-order valence-electron chi connectivity index (χ4n) is 2.79. The zero-order valence-electron chi connectivity index (χ0n) is 11.4. The van der Waals surface area contributed by atoms with Crippen LogP contribution < -0.4 is 5.32 Å². The molecule has 0 aliphatic heterocycles. The highest BCUT2D eigenvalue weighted by Gasteiger charge is 2.13. The SMILES string of the molecule is O=C(Cc1ccccc1O)NCCC1CCCCC1. The summed E-state index contributed by atoms with van der Waals surface area (Å²) in [4.78, 5) is 11.8. The number of hydrogen-bond donors (Lipinski definition) is 2. The van der Waals surface area contributed by atoms with E-state index in [1.54, 1.807) is 18.2 Å². The summed E-state index contributed by atoms with van der Waals surface area (Å²) in [6.45, 7) is 0.761. The second-order valence-corrected chi connectivity index (χ2v) is 5.45. The minimum Gasteiger partial charge on any atom is -0.508 e. The molecular formula is C16H23NO2. The molecule has 0 aromatic heterocycles. The van der Waals surface area contributed by atoms with Gasteiger partial charge in [0.15, 0.2) is 0 Å². The van der Waals surface area contributed by atoms with Crippen LogP contribution in [0.15, 0.2) is 24.3 Å². The molecule has 19 heavy (non-hydrogen) atoms. The smallest absolute Gasteiger partial charge is 0.224 e. The summed E-state index contributed by atoms with van der Waals surface area (Å²) in [5.74, 6) is 0.987. The summed E-state index contributed by atoms with van der Waals surface area (Å²) in [5, 5.41) is 12.6. The predicted molar refractivity (Wildman–Crippen MR) is 76.0 cm³/mol. The van der Waals surface area contributed by atoms with Crippen LogP contribution in [0.4, 0.5) is 0 Å². The lowest BCUT2D eigenvalue weighted by molar-refractivity contribution is -0.120. The summed E-state index contributed by atoms with van der Waals surface area (Å²) in [5.41, 5.74) is 0.692. The van der Waals surface area contributed by atoms with Crippen molar-refractivity contribution < 1.29 is 9.90 Å². The third kappa shape index (κ3) is 4.58. The van der Waals surface area contributed by atoms with Gasteiger partial charge in [-0.15, -0.1) is 0 Å². The van der Waals surface area contributed by atoms with Crippen molar-refractivity contribution in [2.75, 3.05) is 6.54 Å². The summed E-state index contributed by atoms with van der Waals surface area (Å²) in [6, 6.07) is 7.00. The number of benzene rings is 1. The number of aromatic hydroxyl groups is 1. The normalized spacial score (nSPS) is 16.2. The number of carbonyl (C=O) groups excluding carboxylic acids is 1. The van der Waals surface area contributed by atoms with E-state index in [1.165, 1.54) is 32.1 Å². The van der Waals surface area contributed by atoms with Gasteiger partial charge >= 0.3 is 0 Å². The van der Waals surface area contributed by atoms with Crippen LogP contribution in [0.5, 0.6) is 5.75 Å². The van der Waals surface area contributed by atoms with E-state index >= 15 is 0 Å². The third-order valence-corrected chi connectivity index (χ3v) is 3.94. The van der Waals surface area contributed by atoms with Crippen molar-refractivity contribution >= 4 is 5.91 Å². The van der Waals surface area contributed by atoms with Crippen molar-refractivity contribution in [3.63, 3.8) is 0 Å². The molecule has 2 N–H and O–H groups in total. The largest absolute Gasteiger partial charge is 0.508 e. The Morgan fingerprint density at radius 1 is 1.21 bits per heavy atom. The van der Waals surface area contributed by atoms with Crippen molar-refractivity contribution in [1.29, 1.82) is 0 Å². The van der Waals surface area contributed by atoms with E-state index in [1.807, 2.05) is 6.07 Å². The lowest BCUT2D eigenvalue weighted by Gasteiger charge is -2.21. The van der Waals surface area contributed by atoms with Crippen molar-refractivity contribution in [1.82, 2.24) is 5.32 Å². The number of carbonyl (C=O) groups is 1. The first-order valence-corrected chi connectivity index (χ1v) is 7.29. The highest BCUT2D eigenvalue weighted by molar-refractivity contribution is 5.79. The number of hydrogen-bond acceptors (Lipinski definition) is 2. The van der Waals surface area contributed by atoms with Gasteiger partial charge in [-0.1, -0.05) is 50.3 Å². The quantitative estimate of drug-likeness (QED) is 0.856. The van der Waals surface area contributed by atoms with Crippen molar-refractivity contribution in [3.05, 3.63) is 29.8 Å². The van der Waals surface area contributed by atoms with Gasteiger partial charge in [0.05, 0.1) is 6.42 Å². The second kappa shape index (κ2) is 7.17. The maximum Gasteiger partial charge on any atom is 0.224 e. The van der Waals surface area contributed by atoms with E-state index in [-0.39, 0.29) is 18.1 Å². The van der Waals surface area contributed by atoms with Crippen LogP contribution in [0.1, 0.15) is 44.1 Å². The fourth-order valence-corrected chi connectivity index (χ4v) is 2.79. The Morgan fingerprint density at radius 3 is 2.68 bits per heavy atom. The van der Waals surface area contributed by atoms with Crippen molar-refractivity contribution in [3.8, 4) is 5.75 Å². The number of amides is 1. The minimum absolute atomic E-state index is 0.00249. The Labute approximate surface area is 115 Å². The van der Waals surface area contributed by atoms with E-state index in [0.717, 1.165) is 18.9 Å². The van der Waals surface area contributed by atoms with Crippen LogP contribution in [0.3, 0.4) is 0 Å². The summed E-state index contributed by atoms with van der Waals surface area (Å²) < 4.78 is 0. The van der Waals surface area contributed by atoms with Gasteiger partial charge in [-0.2, -0.15) is 0 Å². The van der Waals surface area contributed by atoms with Gasteiger partial charge in [0.25, 0.3) is 0 Å². The molecule has 3 nitrogen and oxygen atoms in total. The molecule has 0 unspecified atom stereocenters. The molecule has 104 valence electrons. The van der Waals surface area contributed by atoms with Gasteiger partial charge in [0.1, 0.15) is 5.75 Å². The Morgan fingerprint density at radius 2 is 1.95 bits per heavy atom. The van der Waals surface area contributed by atoms with Gasteiger partial charge in [-0.05, 0) is 18.4 Å². The average molecular weight is 261 g/mol. The third-order valence-electron chi connectivity index (χ3n) is 3.94. The van der Waals surface area contributed by atoms with Crippen LogP contribution in [0.2, 0.25) is 0 Å². The number of phenolic OH excluding ortho intramolecular Hbond substituents is 1. The number of rotatable bonds is 5. The van der Waals surface area contributed by atoms with Gasteiger partial charge in [-0.25, -0.2) is 0 Å². The summed E-state index contributed by atoms with van der Waals surface area (Å²) in [6.07, 6.45) is 8.04. The van der Waals surface area contributed by atoms with E-state index in [4.69, 9.17) is 0 Å². The average Bonchev–Trinajstić information content (AvgIpc) is 2.43. The number of phenols is 1. The Hall–Kier alpha value is -1.51. The maximum atomic E-state index is 11.8. The highest BCUT2D eigenvalue weighted by Crippen LogP contribution is 2.25. The summed E-state index contributed by atoms with van der Waals surface area (Å²) in [7, 11) is 0. The first-order valence-electron chi connectivity index (χ1n) is 7.29. The Bertz CT molecular complexity index is 411. The molecule has 0 radical (unpaired) electrons. The second-order valence-electron chi connectivity index (χ2n) is 5.45. The van der Waals surface area contributed by atoms with Gasteiger partial charge < -0.3 is 10.4 Å². The van der Waals surface area contributed by atoms with Crippen LogP contribution in [-0.2, 0) is 11.2 Å². The first kappa shape index (κ1) is 13.9. The molecule has 1 saturated carbocycles. The molecule has 0 atom stereocenters. The van der Waals surface area contributed by atoms with Gasteiger partial charge in [0.2, 0.25) is 5.91 Å². The molecule has 0 saturated heterocycles. The van der Waals surface area contributed by atoms with E-state index < -0.39 is 0 Å². The lowest BCUT2D eigenvalue weighted by atomic mass is 9.87. The molecule has 1 aromatic rings. The molecular weight excluding hydrogens is 238 g/mol. The van der Waals surface area contributed by atoms with E-state index in [9.17, 15) is 9.90 Å². The first-order chi connectivity index (χ1) is 9.25.